The van der Waals surface area contributed by atoms with Gasteiger partial charge in [0.25, 0.3) is 5.91 Å². The lowest BCUT2D eigenvalue weighted by Gasteiger charge is -2.22. The molecule has 0 aliphatic rings. The maximum absolute atomic E-state index is 12.7. The number of carbonyl (C=O) groups is 1. The number of amides is 1. The van der Waals surface area contributed by atoms with Crippen LogP contribution < -0.4 is 14.4 Å². The fraction of sp³-hybridized carbons (Fsp3) is 0.409. The van der Waals surface area contributed by atoms with E-state index in [1.165, 1.54) is 22.5 Å². The maximum atomic E-state index is 12.7. The highest BCUT2D eigenvalue weighted by atomic mass is 32.2. The van der Waals surface area contributed by atoms with Crippen LogP contribution in [0.5, 0.6) is 5.75 Å². The Balaban J connectivity index is 2.05. The van der Waals surface area contributed by atoms with Gasteiger partial charge in [0.05, 0.1) is 18.0 Å². The quantitative estimate of drug-likeness (QED) is 0.709. The SMILES string of the molecule is CC[C@H](Oc1ccc(N(C)S(C)(=O)=O)cc1)C(=O)N[C@@H](C)c1ccc(C)c(C)c1. The Hall–Kier alpha value is -2.54. The first-order chi connectivity index (χ1) is 13.5. The third-order valence-corrected chi connectivity index (χ3v) is 6.23. The van der Waals surface area contributed by atoms with Crippen LogP contribution in [0, 0.1) is 13.8 Å². The number of anilines is 1. The molecule has 0 radical (unpaired) electrons. The molecule has 2 atom stereocenters. The van der Waals surface area contributed by atoms with E-state index in [0.29, 0.717) is 17.9 Å². The summed E-state index contributed by atoms with van der Waals surface area (Å²) in [7, 11) is -1.84. The number of rotatable bonds is 8. The largest absolute Gasteiger partial charge is 0.481 e. The van der Waals surface area contributed by atoms with Crippen LogP contribution >= 0.6 is 0 Å². The first-order valence-corrected chi connectivity index (χ1v) is 11.5. The van der Waals surface area contributed by atoms with Crippen LogP contribution in [0.1, 0.15) is 43.0 Å². The molecule has 1 amide bonds. The van der Waals surface area contributed by atoms with Gasteiger partial charge in [-0.05, 0) is 68.1 Å². The van der Waals surface area contributed by atoms with Crippen LogP contribution in [0.15, 0.2) is 42.5 Å². The molecular weight excluding hydrogens is 388 g/mol. The number of hydrogen-bond donors (Lipinski definition) is 1. The molecule has 0 heterocycles. The second-order valence-corrected chi connectivity index (χ2v) is 9.33. The second kappa shape index (κ2) is 9.31. The van der Waals surface area contributed by atoms with Gasteiger partial charge in [0.2, 0.25) is 10.0 Å². The van der Waals surface area contributed by atoms with E-state index in [-0.39, 0.29) is 11.9 Å². The zero-order chi connectivity index (χ0) is 21.8. The van der Waals surface area contributed by atoms with Gasteiger partial charge in [-0.15, -0.1) is 0 Å². The van der Waals surface area contributed by atoms with Gasteiger partial charge < -0.3 is 10.1 Å². The number of hydrogen-bond acceptors (Lipinski definition) is 4. The molecule has 2 aromatic carbocycles. The Morgan fingerprint density at radius 2 is 1.72 bits per heavy atom. The van der Waals surface area contributed by atoms with E-state index in [2.05, 4.69) is 31.3 Å². The number of ether oxygens (including phenoxy) is 1. The van der Waals surface area contributed by atoms with Crippen molar-refractivity contribution in [1.29, 1.82) is 0 Å². The molecule has 2 rings (SSSR count). The fourth-order valence-corrected chi connectivity index (χ4v) is 3.34. The molecule has 0 aromatic heterocycles. The lowest BCUT2D eigenvalue weighted by Crippen LogP contribution is -2.39. The maximum Gasteiger partial charge on any atom is 0.261 e. The molecule has 0 aliphatic heterocycles. The van der Waals surface area contributed by atoms with Gasteiger partial charge in [-0.1, -0.05) is 25.1 Å². The van der Waals surface area contributed by atoms with Gasteiger partial charge in [-0.3, -0.25) is 9.10 Å². The summed E-state index contributed by atoms with van der Waals surface area (Å²) < 4.78 is 30.3. The minimum absolute atomic E-state index is 0.134. The van der Waals surface area contributed by atoms with E-state index >= 15 is 0 Å². The summed E-state index contributed by atoms with van der Waals surface area (Å²) in [6.07, 6.45) is 1.02. The summed E-state index contributed by atoms with van der Waals surface area (Å²) in [5.74, 6) is 0.326. The normalized spacial score (nSPS) is 13.4. The molecule has 0 saturated carbocycles. The highest BCUT2D eigenvalue weighted by Crippen LogP contribution is 2.22. The van der Waals surface area contributed by atoms with Gasteiger partial charge in [0.15, 0.2) is 6.10 Å². The van der Waals surface area contributed by atoms with Crippen LogP contribution in [0.25, 0.3) is 0 Å². The van der Waals surface area contributed by atoms with Crippen molar-refractivity contribution < 1.29 is 17.9 Å². The Kier molecular flexibility index (Phi) is 7.30. The molecule has 0 unspecified atom stereocenters. The summed E-state index contributed by atoms with van der Waals surface area (Å²) in [5, 5.41) is 3.01. The third kappa shape index (κ3) is 5.97. The van der Waals surface area contributed by atoms with E-state index in [4.69, 9.17) is 4.74 Å². The third-order valence-electron chi connectivity index (χ3n) is 5.03. The van der Waals surface area contributed by atoms with Crippen molar-refractivity contribution in [3.05, 3.63) is 59.2 Å². The average molecular weight is 419 g/mol. The van der Waals surface area contributed by atoms with Crippen molar-refractivity contribution in [3.63, 3.8) is 0 Å². The summed E-state index contributed by atoms with van der Waals surface area (Å²) in [6, 6.07) is 12.7. The molecule has 29 heavy (non-hydrogen) atoms. The van der Waals surface area contributed by atoms with Crippen LogP contribution in [0.4, 0.5) is 5.69 Å². The minimum Gasteiger partial charge on any atom is -0.481 e. The Bertz CT molecular complexity index is 955. The van der Waals surface area contributed by atoms with Gasteiger partial charge in [0, 0.05) is 7.05 Å². The lowest BCUT2D eigenvalue weighted by atomic mass is 10.0. The highest BCUT2D eigenvalue weighted by Gasteiger charge is 2.21. The topological polar surface area (TPSA) is 75.7 Å². The molecule has 1 N–H and O–H groups in total. The minimum atomic E-state index is -3.33. The number of aryl methyl sites for hydroxylation is 2. The van der Waals surface area contributed by atoms with E-state index in [0.717, 1.165) is 11.8 Å². The zero-order valence-electron chi connectivity index (χ0n) is 17.9. The second-order valence-electron chi connectivity index (χ2n) is 7.31. The fourth-order valence-electron chi connectivity index (χ4n) is 2.84. The van der Waals surface area contributed by atoms with Crippen LogP contribution in [-0.4, -0.2) is 33.7 Å². The Morgan fingerprint density at radius 3 is 2.24 bits per heavy atom. The van der Waals surface area contributed by atoms with Crippen LogP contribution in [0.2, 0.25) is 0 Å². The summed E-state index contributed by atoms with van der Waals surface area (Å²) in [5.41, 5.74) is 3.98. The van der Waals surface area contributed by atoms with Crippen LogP contribution in [-0.2, 0) is 14.8 Å². The molecule has 6 nitrogen and oxygen atoms in total. The number of nitrogens with one attached hydrogen (secondary N) is 1. The Morgan fingerprint density at radius 1 is 1.10 bits per heavy atom. The average Bonchev–Trinajstić information content (AvgIpc) is 2.67. The predicted molar refractivity (Wildman–Crippen MR) is 117 cm³/mol. The smallest absolute Gasteiger partial charge is 0.261 e. The molecule has 0 aliphatic carbocycles. The van der Waals surface area contributed by atoms with Crippen molar-refractivity contribution in [2.45, 2.75) is 46.3 Å². The molecule has 0 saturated heterocycles. The standard InChI is InChI=1S/C22H30N2O4S/c1-7-21(22(25)23-17(4)18-9-8-15(2)16(3)14-18)28-20-12-10-19(11-13-20)24(5)29(6,26)27/h8-14,17,21H,7H2,1-6H3,(H,23,25)/t17-,21-/m0/s1. The van der Waals surface area contributed by atoms with Crippen molar-refractivity contribution in [2.75, 3.05) is 17.6 Å². The van der Waals surface area contributed by atoms with E-state index in [9.17, 15) is 13.2 Å². The van der Waals surface area contributed by atoms with Crippen molar-refractivity contribution in [2.24, 2.45) is 0 Å². The molecule has 7 heteroatoms. The highest BCUT2D eigenvalue weighted by molar-refractivity contribution is 7.92. The number of benzene rings is 2. The van der Waals surface area contributed by atoms with E-state index in [1.807, 2.05) is 19.9 Å². The summed E-state index contributed by atoms with van der Waals surface area (Å²) in [6.45, 7) is 7.94. The molecule has 158 valence electrons. The monoisotopic (exact) mass is 418 g/mol. The van der Waals surface area contributed by atoms with E-state index in [1.54, 1.807) is 24.3 Å². The van der Waals surface area contributed by atoms with Crippen molar-refractivity contribution >= 4 is 21.6 Å². The zero-order valence-corrected chi connectivity index (χ0v) is 18.7. The first-order valence-electron chi connectivity index (χ1n) is 9.61. The Labute approximate surface area is 173 Å². The predicted octanol–water partition coefficient (Wildman–Crippen LogP) is 3.73. The van der Waals surface area contributed by atoms with Gasteiger partial charge in [-0.2, -0.15) is 0 Å². The number of carbonyl (C=O) groups excluding carboxylic acids is 1. The van der Waals surface area contributed by atoms with Gasteiger partial charge >= 0.3 is 0 Å². The first kappa shape index (κ1) is 22.7. The summed E-state index contributed by atoms with van der Waals surface area (Å²) in [4.78, 5) is 12.7. The molecular formula is C22H30N2O4S. The molecule has 0 spiro atoms. The lowest BCUT2D eigenvalue weighted by molar-refractivity contribution is -0.128. The molecule has 2 aromatic rings. The van der Waals surface area contributed by atoms with Crippen molar-refractivity contribution in [3.8, 4) is 5.75 Å². The number of nitrogens with zero attached hydrogens (tertiary/aromatic N) is 1. The number of sulfonamides is 1. The van der Waals surface area contributed by atoms with E-state index < -0.39 is 16.1 Å². The van der Waals surface area contributed by atoms with Gasteiger partial charge in [-0.25, -0.2) is 8.42 Å². The van der Waals surface area contributed by atoms with Gasteiger partial charge in [0.1, 0.15) is 5.75 Å². The summed E-state index contributed by atoms with van der Waals surface area (Å²) >= 11 is 0. The van der Waals surface area contributed by atoms with Crippen molar-refractivity contribution in [1.82, 2.24) is 5.32 Å². The molecule has 0 bridgehead atoms. The molecule has 0 fully saturated rings. The van der Waals surface area contributed by atoms with Crippen LogP contribution in [0.3, 0.4) is 0 Å².